The molecule has 0 saturated carbocycles. The Morgan fingerprint density at radius 3 is 2.94 bits per heavy atom. The molecule has 0 aliphatic rings. The van der Waals surface area contributed by atoms with Gasteiger partial charge in [-0.05, 0) is 6.54 Å². The SMILES string of the molecule is C#CCN(C)S(=O)(=O)c1[nH]ncc1CNCC. The Kier molecular flexibility index (Phi) is 4.69. The summed E-state index contributed by atoms with van der Waals surface area (Å²) in [6, 6.07) is 0. The number of aromatic amines is 1. The van der Waals surface area contributed by atoms with Crippen LogP contribution in [0, 0.1) is 12.3 Å². The van der Waals surface area contributed by atoms with Crippen LogP contribution in [-0.2, 0) is 16.6 Å². The van der Waals surface area contributed by atoms with Crippen LogP contribution in [0.2, 0.25) is 0 Å². The maximum absolute atomic E-state index is 12.1. The summed E-state index contributed by atoms with van der Waals surface area (Å²) < 4.78 is 25.3. The average Bonchev–Trinajstić information content (AvgIpc) is 2.75. The maximum atomic E-state index is 12.1. The van der Waals surface area contributed by atoms with Gasteiger partial charge in [-0.2, -0.15) is 9.40 Å². The summed E-state index contributed by atoms with van der Waals surface area (Å²) in [5.74, 6) is 2.29. The molecule has 7 heteroatoms. The lowest BCUT2D eigenvalue weighted by atomic mass is 10.3. The molecule has 1 heterocycles. The first-order valence-electron chi connectivity index (χ1n) is 5.16. The highest BCUT2D eigenvalue weighted by molar-refractivity contribution is 7.89. The summed E-state index contributed by atoms with van der Waals surface area (Å²) in [6.07, 6.45) is 6.60. The van der Waals surface area contributed by atoms with E-state index in [9.17, 15) is 8.42 Å². The van der Waals surface area contributed by atoms with Gasteiger partial charge in [-0.15, -0.1) is 6.42 Å². The lowest BCUT2D eigenvalue weighted by molar-refractivity contribution is 0.497. The molecule has 0 atom stereocenters. The van der Waals surface area contributed by atoms with Crippen molar-refractivity contribution in [2.45, 2.75) is 18.5 Å². The minimum absolute atomic E-state index is 0.0298. The van der Waals surface area contributed by atoms with Crippen LogP contribution in [0.3, 0.4) is 0 Å². The second-order valence-electron chi connectivity index (χ2n) is 3.47. The van der Waals surface area contributed by atoms with Crippen LogP contribution in [0.4, 0.5) is 0 Å². The Balaban J connectivity index is 2.99. The van der Waals surface area contributed by atoms with Gasteiger partial charge in [0.2, 0.25) is 0 Å². The van der Waals surface area contributed by atoms with Crippen LogP contribution in [0.25, 0.3) is 0 Å². The third-order valence-corrected chi connectivity index (χ3v) is 4.04. The van der Waals surface area contributed by atoms with Gasteiger partial charge in [0.1, 0.15) is 0 Å². The van der Waals surface area contributed by atoms with Crippen molar-refractivity contribution in [2.24, 2.45) is 0 Å². The van der Waals surface area contributed by atoms with Crippen LogP contribution in [0.5, 0.6) is 0 Å². The van der Waals surface area contributed by atoms with Crippen LogP contribution >= 0.6 is 0 Å². The lowest BCUT2D eigenvalue weighted by Crippen LogP contribution is -2.29. The fourth-order valence-corrected chi connectivity index (χ4v) is 2.46. The number of nitrogens with one attached hydrogen (secondary N) is 2. The van der Waals surface area contributed by atoms with Crippen molar-refractivity contribution < 1.29 is 8.42 Å². The van der Waals surface area contributed by atoms with Crippen molar-refractivity contribution in [1.82, 2.24) is 19.8 Å². The predicted octanol–water partition coefficient (Wildman–Crippen LogP) is -0.227. The number of hydrogen-bond donors (Lipinski definition) is 2. The maximum Gasteiger partial charge on any atom is 0.260 e. The normalized spacial score (nSPS) is 11.6. The zero-order valence-corrected chi connectivity index (χ0v) is 10.7. The molecule has 0 spiro atoms. The van der Waals surface area contributed by atoms with Gasteiger partial charge in [0.15, 0.2) is 5.03 Å². The van der Waals surface area contributed by atoms with E-state index in [0.717, 1.165) is 10.8 Å². The molecule has 1 rings (SSSR count). The first-order chi connectivity index (χ1) is 8.04. The molecule has 6 nitrogen and oxygen atoms in total. The first kappa shape index (κ1) is 13.7. The smallest absolute Gasteiger partial charge is 0.260 e. The van der Waals surface area contributed by atoms with Gasteiger partial charge < -0.3 is 5.32 Å². The van der Waals surface area contributed by atoms with E-state index in [1.165, 1.54) is 13.2 Å². The summed E-state index contributed by atoms with van der Waals surface area (Å²) in [6.45, 7) is 3.18. The standard InChI is InChI=1S/C10H16N4O2S/c1-4-6-14(3)17(15,16)10-9(7-11-5-2)8-12-13-10/h1,8,11H,5-7H2,2-3H3,(H,12,13). The second kappa shape index (κ2) is 5.82. The predicted molar refractivity (Wildman–Crippen MR) is 64.6 cm³/mol. The van der Waals surface area contributed by atoms with Crippen molar-refractivity contribution in [3.05, 3.63) is 11.8 Å². The second-order valence-corrected chi connectivity index (χ2v) is 5.45. The molecule has 0 amide bonds. The number of terminal acetylenes is 1. The molecule has 0 radical (unpaired) electrons. The van der Waals surface area contributed by atoms with E-state index in [1.807, 2.05) is 6.92 Å². The molecule has 1 aromatic heterocycles. The van der Waals surface area contributed by atoms with Crippen molar-refractivity contribution >= 4 is 10.0 Å². The van der Waals surface area contributed by atoms with Crippen LogP contribution in [0.1, 0.15) is 12.5 Å². The van der Waals surface area contributed by atoms with Crippen molar-refractivity contribution in [3.8, 4) is 12.3 Å². The van der Waals surface area contributed by atoms with E-state index in [0.29, 0.717) is 12.1 Å². The lowest BCUT2D eigenvalue weighted by Gasteiger charge is -2.13. The van der Waals surface area contributed by atoms with Gasteiger partial charge in [-0.25, -0.2) is 8.42 Å². The highest BCUT2D eigenvalue weighted by Crippen LogP contribution is 2.15. The Morgan fingerprint density at radius 1 is 1.65 bits per heavy atom. The zero-order valence-electron chi connectivity index (χ0n) is 9.90. The zero-order chi connectivity index (χ0) is 12.9. The molecule has 0 unspecified atom stereocenters. The van der Waals surface area contributed by atoms with E-state index >= 15 is 0 Å². The molecule has 2 N–H and O–H groups in total. The van der Waals surface area contributed by atoms with Gasteiger partial charge in [-0.3, -0.25) is 5.10 Å². The molecule has 0 aliphatic carbocycles. The Morgan fingerprint density at radius 2 is 2.35 bits per heavy atom. The topological polar surface area (TPSA) is 78.1 Å². The van der Waals surface area contributed by atoms with E-state index in [1.54, 1.807) is 0 Å². The van der Waals surface area contributed by atoms with Crippen molar-refractivity contribution in [3.63, 3.8) is 0 Å². The Labute approximate surface area is 101 Å². The number of sulfonamides is 1. The summed E-state index contributed by atoms with van der Waals surface area (Å²) >= 11 is 0. The van der Waals surface area contributed by atoms with E-state index in [4.69, 9.17) is 6.42 Å². The molecule has 1 aromatic rings. The van der Waals surface area contributed by atoms with Gasteiger partial charge in [0.05, 0.1) is 12.7 Å². The highest BCUT2D eigenvalue weighted by atomic mass is 32.2. The molecular weight excluding hydrogens is 240 g/mol. The fraction of sp³-hybridized carbons (Fsp3) is 0.500. The van der Waals surface area contributed by atoms with Gasteiger partial charge in [-0.1, -0.05) is 12.8 Å². The monoisotopic (exact) mass is 256 g/mol. The van der Waals surface area contributed by atoms with Gasteiger partial charge in [0, 0.05) is 19.2 Å². The molecule has 0 saturated heterocycles. The third kappa shape index (κ3) is 3.06. The fourth-order valence-electron chi connectivity index (χ4n) is 1.28. The van der Waals surface area contributed by atoms with Crippen LogP contribution in [0.15, 0.2) is 11.2 Å². The molecule has 0 aromatic carbocycles. The molecule has 17 heavy (non-hydrogen) atoms. The molecule has 94 valence electrons. The molecule has 0 aliphatic heterocycles. The summed E-state index contributed by atoms with van der Waals surface area (Å²) in [7, 11) is -2.15. The van der Waals surface area contributed by atoms with Crippen LogP contribution < -0.4 is 5.32 Å². The van der Waals surface area contributed by atoms with E-state index < -0.39 is 10.0 Å². The van der Waals surface area contributed by atoms with Crippen molar-refractivity contribution in [1.29, 1.82) is 0 Å². The first-order valence-corrected chi connectivity index (χ1v) is 6.60. The number of nitrogens with zero attached hydrogens (tertiary/aromatic N) is 2. The van der Waals surface area contributed by atoms with Gasteiger partial charge >= 0.3 is 0 Å². The van der Waals surface area contributed by atoms with Crippen molar-refractivity contribution in [2.75, 3.05) is 20.1 Å². The Bertz CT molecular complexity index is 501. The highest BCUT2D eigenvalue weighted by Gasteiger charge is 2.24. The van der Waals surface area contributed by atoms with Gasteiger partial charge in [0.25, 0.3) is 10.0 Å². The van der Waals surface area contributed by atoms with Crippen LogP contribution in [-0.4, -0.2) is 43.1 Å². The minimum Gasteiger partial charge on any atom is -0.313 e. The molecule has 0 fully saturated rings. The average molecular weight is 256 g/mol. The quantitative estimate of drug-likeness (QED) is 0.689. The van der Waals surface area contributed by atoms with E-state index in [-0.39, 0.29) is 11.6 Å². The molecule has 0 bridgehead atoms. The van der Waals surface area contributed by atoms with E-state index in [2.05, 4.69) is 21.4 Å². The summed E-state index contributed by atoms with van der Waals surface area (Å²) in [5.41, 5.74) is 0.607. The summed E-state index contributed by atoms with van der Waals surface area (Å²) in [4.78, 5) is 0. The largest absolute Gasteiger partial charge is 0.313 e. The number of hydrogen-bond acceptors (Lipinski definition) is 4. The molecular formula is C10H16N4O2S. The summed E-state index contributed by atoms with van der Waals surface area (Å²) in [5, 5.41) is 9.41. The number of aromatic nitrogens is 2. The minimum atomic E-state index is -3.59. The third-order valence-electron chi connectivity index (χ3n) is 2.23. The Hall–Kier alpha value is -1.36. The number of H-pyrrole nitrogens is 1. The number of rotatable bonds is 6.